The van der Waals surface area contributed by atoms with E-state index in [1.165, 1.54) is 0 Å². The molecule has 1 heterocycles. The maximum atomic E-state index is 13.3. The molecule has 0 spiro atoms. The van der Waals surface area contributed by atoms with Gasteiger partial charge in [-0.05, 0) is 37.3 Å². The highest BCUT2D eigenvalue weighted by Gasteiger charge is 2.30. The number of benzene rings is 1. The highest BCUT2D eigenvalue weighted by molar-refractivity contribution is 5.94. The number of carboxylic acid groups (broad SMARTS) is 1. The molecule has 4 unspecified atom stereocenters. The van der Waals surface area contributed by atoms with Crippen LogP contribution in [0.15, 0.2) is 40.4 Å². The second kappa shape index (κ2) is 17.1. The van der Waals surface area contributed by atoms with E-state index < -0.39 is 54.5 Å². The van der Waals surface area contributed by atoms with Gasteiger partial charge in [0.15, 0.2) is 11.9 Å². The van der Waals surface area contributed by atoms with E-state index >= 15 is 0 Å². The van der Waals surface area contributed by atoms with Crippen molar-refractivity contribution in [2.45, 2.75) is 56.3 Å². The van der Waals surface area contributed by atoms with Gasteiger partial charge in [-0.1, -0.05) is 18.2 Å². The number of rotatable bonds is 18. The van der Waals surface area contributed by atoms with Gasteiger partial charge in [-0.2, -0.15) is 0 Å². The first-order chi connectivity index (χ1) is 20.4. The number of para-hydroxylation sites is 1. The first kappa shape index (κ1) is 34.3. The number of H-pyrrole nitrogens is 1. The van der Waals surface area contributed by atoms with E-state index in [4.69, 9.17) is 28.7 Å². The number of aliphatic carboxylic acids is 1. The Balaban J connectivity index is 2.11. The summed E-state index contributed by atoms with van der Waals surface area (Å²) in [5.74, 6) is -3.92. The van der Waals surface area contributed by atoms with Crippen molar-refractivity contribution in [1.82, 2.24) is 20.9 Å². The van der Waals surface area contributed by atoms with Gasteiger partial charge >= 0.3 is 5.97 Å². The van der Waals surface area contributed by atoms with Crippen molar-refractivity contribution >= 4 is 46.5 Å². The average molecular weight is 604 g/mol. The number of aliphatic hydroxyl groups is 1. The number of aliphatic hydroxyl groups excluding tert-OH is 1. The van der Waals surface area contributed by atoms with Gasteiger partial charge in [-0.3, -0.25) is 24.4 Å². The van der Waals surface area contributed by atoms with Crippen LogP contribution in [0.1, 0.15) is 31.2 Å². The summed E-state index contributed by atoms with van der Waals surface area (Å²) in [6.45, 7) is -0.408. The van der Waals surface area contributed by atoms with Crippen molar-refractivity contribution in [3.8, 4) is 0 Å². The quantitative estimate of drug-likeness (QED) is 0.0455. The second-order valence-corrected chi connectivity index (χ2v) is 9.77. The number of fused-ring (bicyclic) bond motifs is 1. The maximum Gasteiger partial charge on any atom is 0.326 e. The molecule has 17 nitrogen and oxygen atoms in total. The maximum absolute atomic E-state index is 13.3. The molecule has 1 aromatic carbocycles. The lowest BCUT2D eigenvalue weighted by Gasteiger charge is -2.24. The number of carbonyl (C=O) groups excluding carboxylic acids is 3. The van der Waals surface area contributed by atoms with Crippen molar-refractivity contribution < 1.29 is 29.4 Å². The van der Waals surface area contributed by atoms with Crippen molar-refractivity contribution in [3.05, 3.63) is 36.0 Å². The van der Waals surface area contributed by atoms with Crippen LogP contribution in [0, 0.1) is 0 Å². The van der Waals surface area contributed by atoms with Gasteiger partial charge in [-0.15, -0.1) is 0 Å². The van der Waals surface area contributed by atoms with E-state index in [1.54, 1.807) is 6.20 Å². The lowest BCUT2D eigenvalue weighted by atomic mass is 10.0. The van der Waals surface area contributed by atoms with Crippen LogP contribution in [-0.2, 0) is 25.6 Å². The summed E-state index contributed by atoms with van der Waals surface area (Å²) in [4.78, 5) is 61.6. The van der Waals surface area contributed by atoms with E-state index in [-0.39, 0.29) is 50.7 Å². The number of aliphatic imine (C=N–C) groups is 2. The second-order valence-electron chi connectivity index (χ2n) is 9.77. The molecule has 0 bridgehead atoms. The fraction of sp³-hybridized carbons (Fsp3) is 0.462. The van der Waals surface area contributed by atoms with E-state index in [2.05, 4.69) is 30.9 Å². The fourth-order valence-corrected chi connectivity index (χ4v) is 4.16. The number of carbonyl (C=O) groups is 4. The Labute approximate surface area is 247 Å². The highest BCUT2D eigenvalue weighted by Crippen LogP contribution is 2.19. The Hall–Kier alpha value is -4.90. The van der Waals surface area contributed by atoms with Crippen LogP contribution >= 0.6 is 0 Å². The van der Waals surface area contributed by atoms with E-state index in [0.717, 1.165) is 10.9 Å². The summed E-state index contributed by atoms with van der Waals surface area (Å²) in [6, 6.07) is 2.28. The first-order valence-electron chi connectivity index (χ1n) is 13.6. The van der Waals surface area contributed by atoms with Crippen LogP contribution in [0.5, 0.6) is 0 Å². The molecule has 3 amide bonds. The molecule has 0 saturated heterocycles. The SMILES string of the molecule is NC(N)=NCCCC(N)C(=O)NC(CO)C(=O)NC(CCCN=C(N)N)C(=O)NC(Cc1c[nH]c2ccccc12)C(=O)O. The smallest absolute Gasteiger partial charge is 0.326 e. The molecule has 16 N–H and O–H groups in total. The first-order valence-corrected chi connectivity index (χ1v) is 13.6. The van der Waals surface area contributed by atoms with Crippen LogP contribution in [0.2, 0.25) is 0 Å². The average Bonchev–Trinajstić information content (AvgIpc) is 3.37. The lowest BCUT2D eigenvalue weighted by molar-refractivity contribution is -0.142. The molecule has 1 aromatic heterocycles. The Morgan fingerprint density at radius 1 is 0.814 bits per heavy atom. The Morgan fingerprint density at radius 2 is 1.37 bits per heavy atom. The Bertz CT molecular complexity index is 1300. The summed E-state index contributed by atoms with van der Waals surface area (Å²) in [7, 11) is 0. The van der Waals surface area contributed by atoms with E-state index in [9.17, 15) is 29.4 Å². The minimum atomic E-state index is -1.44. The van der Waals surface area contributed by atoms with Crippen molar-refractivity contribution in [2.24, 2.45) is 38.7 Å². The molecule has 43 heavy (non-hydrogen) atoms. The van der Waals surface area contributed by atoms with Gasteiger partial charge in [0.1, 0.15) is 18.1 Å². The number of aromatic nitrogens is 1. The summed E-state index contributed by atoms with van der Waals surface area (Å²) >= 11 is 0. The Kier molecular flexibility index (Phi) is 13.7. The number of hydrogen-bond acceptors (Lipinski definition) is 8. The molecule has 0 aliphatic carbocycles. The lowest BCUT2D eigenvalue weighted by Crippen LogP contribution is -2.58. The number of nitrogens with zero attached hydrogens (tertiary/aromatic N) is 2. The van der Waals surface area contributed by atoms with Crippen LogP contribution in [0.4, 0.5) is 0 Å². The largest absolute Gasteiger partial charge is 0.480 e. The van der Waals surface area contributed by atoms with Gasteiger partial charge in [0.2, 0.25) is 17.7 Å². The molecule has 2 rings (SSSR count). The van der Waals surface area contributed by atoms with Gasteiger partial charge in [0.25, 0.3) is 0 Å². The normalized spacial score (nSPS) is 13.6. The Morgan fingerprint density at radius 3 is 1.98 bits per heavy atom. The molecular weight excluding hydrogens is 562 g/mol. The summed E-state index contributed by atoms with van der Waals surface area (Å²) < 4.78 is 0. The molecule has 0 saturated carbocycles. The third kappa shape index (κ3) is 11.5. The zero-order chi connectivity index (χ0) is 31.9. The van der Waals surface area contributed by atoms with Crippen molar-refractivity contribution in [3.63, 3.8) is 0 Å². The number of guanidine groups is 2. The predicted molar refractivity (Wildman–Crippen MR) is 160 cm³/mol. The van der Waals surface area contributed by atoms with Crippen LogP contribution in [-0.4, -0.2) is 94.7 Å². The summed E-state index contributed by atoms with van der Waals surface area (Å²) in [5, 5.41) is 27.7. The molecule has 0 fully saturated rings. The standard InChI is InChI=1S/C26H41N11O6/c27-16(6-3-9-32-25(28)29)21(39)37-20(13-38)23(41)35-18(8-4-10-33-26(30)31)22(40)36-19(24(42)43)11-14-12-34-17-7-2-1-5-15(14)17/h1-2,5,7,12,16,18-20,34,38H,3-4,6,8-11,13,27H2,(H,35,41)(H,36,40)(H,37,39)(H,42,43)(H4,28,29,32)(H4,30,31,33). The predicted octanol–water partition coefficient (Wildman–Crippen LogP) is -3.32. The zero-order valence-corrected chi connectivity index (χ0v) is 23.7. The number of nitrogens with one attached hydrogen (secondary N) is 4. The van der Waals surface area contributed by atoms with Crippen LogP contribution < -0.4 is 44.6 Å². The molecule has 17 heteroatoms. The van der Waals surface area contributed by atoms with Crippen LogP contribution in [0.3, 0.4) is 0 Å². The van der Waals surface area contributed by atoms with E-state index in [1.807, 2.05) is 24.3 Å². The number of carboxylic acids is 1. The van der Waals surface area contributed by atoms with Gasteiger partial charge in [0, 0.05) is 36.6 Å². The molecule has 2 aromatic rings. The molecule has 0 aliphatic rings. The van der Waals surface area contributed by atoms with Gasteiger partial charge < -0.3 is 59.8 Å². The summed E-state index contributed by atoms with van der Waals surface area (Å²) in [6.07, 6.45) is 2.49. The number of aromatic amines is 1. The summed E-state index contributed by atoms with van der Waals surface area (Å²) in [5.41, 5.74) is 28.6. The van der Waals surface area contributed by atoms with Gasteiger partial charge in [0.05, 0.1) is 12.6 Å². The molecule has 0 aliphatic heterocycles. The van der Waals surface area contributed by atoms with Gasteiger partial charge in [-0.25, -0.2) is 4.79 Å². The van der Waals surface area contributed by atoms with Crippen LogP contribution in [0.25, 0.3) is 10.9 Å². The zero-order valence-electron chi connectivity index (χ0n) is 23.7. The number of hydrogen-bond donors (Lipinski definition) is 11. The minimum Gasteiger partial charge on any atom is -0.480 e. The molecule has 236 valence electrons. The fourth-order valence-electron chi connectivity index (χ4n) is 4.16. The topological polar surface area (TPSA) is 315 Å². The third-order valence-electron chi connectivity index (χ3n) is 6.41. The number of nitrogens with two attached hydrogens (primary N) is 5. The third-order valence-corrected chi connectivity index (χ3v) is 6.41. The molecule has 0 radical (unpaired) electrons. The minimum absolute atomic E-state index is 0.0180. The molecular formula is C26H41N11O6. The molecule has 4 atom stereocenters. The highest BCUT2D eigenvalue weighted by atomic mass is 16.4. The number of amides is 3. The van der Waals surface area contributed by atoms with E-state index in [0.29, 0.717) is 12.0 Å². The van der Waals surface area contributed by atoms with Crippen molar-refractivity contribution in [1.29, 1.82) is 0 Å². The monoisotopic (exact) mass is 603 g/mol. The van der Waals surface area contributed by atoms with Crippen molar-refractivity contribution in [2.75, 3.05) is 19.7 Å².